The van der Waals surface area contributed by atoms with Crippen molar-refractivity contribution in [2.45, 2.75) is 35.9 Å². The van der Waals surface area contributed by atoms with Crippen molar-refractivity contribution in [1.82, 2.24) is 5.32 Å². The lowest BCUT2D eigenvalue weighted by atomic mass is 9.85. The summed E-state index contributed by atoms with van der Waals surface area (Å²) in [5, 5.41) is 12.5. The first kappa shape index (κ1) is 33.0. The molecule has 1 aliphatic heterocycles. The Morgan fingerprint density at radius 1 is 0.978 bits per heavy atom. The van der Waals surface area contributed by atoms with E-state index in [0.717, 1.165) is 0 Å². The molecule has 2 N–H and O–H groups in total. The lowest BCUT2D eigenvalue weighted by molar-refractivity contribution is -0.129. The zero-order chi connectivity index (χ0) is 32.6. The third-order valence-corrected chi connectivity index (χ3v) is 9.78. The number of methoxy groups -OCH3 is 1. The monoisotopic (exact) mass is 662 g/mol. The van der Waals surface area contributed by atoms with Gasteiger partial charge in [-0.05, 0) is 65.7 Å². The minimum Gasteiger partial charge on any atom is -0.497 e. The van der Waals surface area contributed by atoms with Crippen LogP contribution in [-0.4, -0.2) is 56.9 Å². The van der Waals surface area contributed by atoms with Crippen molar-refractivity contribution in [1.29, 1.82) is 0 Å². The molecule has 0 spiro atoms. The molecule has 0 aliphatic carbocycles. The molecule has 1 amide bonds. The van der Waals surface area contributed by atoms with Crippen molar-refractivity contribution in [3.63, 3.8) is 0 Å². The molecule has 4 aromatic carbocycles. The molecular weight excluding hydrogens is 628 g/mol. The van der Waals surface area contributed by atoms with Crippen LogP contribution in [0.2, 0.25) is 5.02 Å². The summed E-state index contributed by atoms with van der Waals surface area (Å²) >= 11 is 6.39. The fourth-order valence-corrected chi connectivity index (χ4v) is 6.77. The highest BCUT2D eigenvalue weighted by molar-refractivity contribution is 7.91. The van der Waals surface area contributed by atoms with Crippen molar-refractivity contribution >= 4 is 33.2 Å². The van der Waals surface area contributed by atoms with Crippen LogP contribution in [0, 0.1) is 0 Å². The number of rotatable bonds is 14. The SMILES string of the molecule is COc1cccc([C@H]2OC(c3ccc(OCCCO)cc3)=N[C@@]2(CCS(=O)(=O)c2ccccc2)C(=O)NCc2ccccc2Cl)c1. The maximum Gasteiger partial charge on any atom is 0.252 e. The normalized spacial score (nSPS) is 17.5. The van der Waals surface area contributed by atoms with Gasteiger partial charge < -0.3 is 24.6 Å². The fraction of sp³-hybridized carbons (Fsp3) is 0.257. The molecule has 0 radical (unpaired) electrons. The Bertz CT molecular complexity index is 1780. The number of benzene rings is 4. The molecule has 46 heavy (non-hydrogen) atoms. The number of halogens is 1. The highest BCUT2D eigenvalue weighted by Gasteiger charge is 2.53. The largest absolute Gasteiger partial charge is 0.497 e. The predicted octanol–water partition coefficient (Wildman–Crippen LogP) is 5.55. The van der Waals surface area contributed by atoms with Crippen LogP contribution in [0.3, 0.4) is 0 Å². The third-order valence-electron chi connectivity index (χ3n) is 7.68. The number of ether oxygens (including phenoxy) is 3. The van der Waals surface area contributed by atoms with E-state index in [0.29, 0.717) is 46.2 Å². The fourth-order valence-electron chi connectivity index (χ4n) is 5.18. The van der Waals surface area contributed by atoms with Crippen LogP contribution in [-0.2, 0) is 25.9 Å². The van der Waals surface area contributed by atoms with Crippen LogP contribution < -0.4 is 14.8 Å². The maximum atomic E-state index is 14.4. The zero-order valence-electron chi connectivity index (χ0n) is 25.3. The summed E-state index contributed by atoms with van der Waals surface area (Å²) in [6.45, 7) is 0.478. The molecule has 0 fully saturated rings. The van der Waals surface area contributed by atoms with Crippen molar-refractivity contribution in [3.8, 4) is 11.5 Å². The van der Waals surface area contributed by atoms with Crippen LogP contribution in [0.4, 0.5) is 0 Å². The van der Waals surface area contributed by atoms with Crippen LogP contribution in [0.5, 0.6) is 11.5 Å². The van der Waals surface area contributed by atoms with Crippen LogP contribution in [0.1, 0.15) is 35.6 Å². The van der Waals surface area contributed by atoms with Gasteiger partial charge in [0.15, 0.2) is 21.5 Å². The van der Waals surface area contributed by atoms with Crippen molar-refractivity contribution in [2.75, 3.05) is 26.1 Å². The van der Waals surface area contributed by atoms with E-state index in [1.807, 2.05) is 6.07 Å². The summed E-state index contributed by atoms with van der Waals surface area (Å²) in [6.07, 6.45) is -0.667. The molecule has 1 aliphatic rings. The summed E-state index contributed by atoms with van der Waals surface area (Å²) < 4.78 is 44.7. The molecule has 240 valence electrons. The van der Waals surface area contributed by atoms with E-state index in [1.54, 1.807) is 84.9 Å². The molecule has 0 aromatic heterocycles. The minimum absolute atomic E-state index is 0.0228. The summed E-state index contributed by atoms with van der Waals surface area (Å²) in [4.78, 5) is 19.5. The molecule has 1 heterocycles. The summed E-state index contributed by atoms with van der Waals surface area (Å²) in [7, 11) is -2.26. The van der Waals surface area contributed by atoms with Gasteiger partial charge >= 0.3 is 0 Å². The first-order valence-electron chi connectivity index (χ1n) is 14.8. The van der Waals surface area contributed by atoms with Crippen molar-refractivity contribution in [3.05, 3.63) is 125 Å². The summed E-state index contributed by atoms with van der Waals surface area (Å²) in [5.41, 5.74) is 0.185. The Kier molecular flexibility index (Phi) is 10.6. The van der Waals surface area contributed by atoms with Gasteiger partial charge in [-0.25, -0.2) is 13.4 Å². The van der Waals surface area contributed by atoms with E-state index in [9.17, 15) is 13.2 Å². The average molecular weight is 663 g/mol. The number of sulfone groups is 1. The van der Waals surface area contributed by atoms with Gasteiger partial charge in [0.05, 0.1) is 24.4 Å². The van der Waals surface area contributed by atoms with Gasteiger partial charge in [0, 0.05) is 36.6 Å². The highest BCUT2D eigenvalue weighted by atomic mass is 35.5. The van der Waals surface area contributed by atoms with Crippen molar-refractivity contribution < 1.29 is 32.5 Å². The smallest absolute Gasteiger partial charge is 0.252 e. The Morgan fingerprint density at radius 2 is 1.72 bits per heavy atom. The second-order valence-electron chi connectivity index (χ2n) is 10.7. The molecule has 0 unspecified atom stereocenters. The van der Waals surface area contributed by atoms with Gasteiger partial charge in [0.25, 0.3) is 5.91 Å². The molecule has 4 aromatic rings. The number of aliphatic imine (C=N–C) groups is 1. The standard InChI is InChI=1S/C35H35ClN2O7S/c1-43-29-11-7-10-26(23-29)32-35(19-22-46(41,42)30-12-3-2-4-13-30,34(40)37-24-27-9-5-6-14-31(27)36)38-33(45-32)25-15-17-28(18-16-25)44-21-8-20-39/h2-7,9-18,23,32,39H,8,19-22,24H2,1H3,(H,37,40)/t32-,35-/m1/s1. The number of carbonyl (C=O) groups excluding carboxylic acids is 1. The lowest BCUT2D eigenvalue weighted by Crippen LogP contribution is -2.49. The molecule has 2 atom stereocenters. The number of nitrogens with zero attached hydrogens (tertiary/aromatic N) is 1. The maximum absolute atomic E-state index is 14.4. The number of amides is 1. The molecule has 0 saturated carbocycles. The van der Waals surface area contributed by atoms with E-state index >= 15 is 0 Å². The number of carbonyl (C=O) groups is 1. The second kappa shape index (κ2) is 14.8. The van der Waals surface area contributed by atoms with E-state index in [1.165, 1.54) is 19.2 Å². The summed E-state index contributed by atoms with van der Waals surface area (Å²) in [6, 6.07) is 29.4. The van der Waals surface area contributed by atoms with Gasteiger partial charge in [0.2, 0.25) is 5.90 Å². The van der Waals surface area contributed by atoms with Gasteiger partial charge in [-0.3, -0.25) is 4.79 Å². The molecule has 0 bridgehead atoms. The van der Waals surface area contributed by atoms with Gasteiger partial charge in [0.1, 0.15) is 11.5 Å². The van der Waals surface area contributed by atoms with E-state index < -0.39 is 27.4 Å². The van der Waals surface area contributed by atoms with Crippen LogP contribution >= 0.6 is 11.6 Å². The molecular formula is C35H35ClN2O7S. The number of hydrogen-bond donors (Lipinski definition) is 2. The Labute approximate surface area is 273 Å². The first-order chi connectivity index (χ1) is 22.3. The van der Waals surface area contributed by atoms with Gasteiger partial charge in [-0.2, -0.15) is 0 Å². The Balaban J connectivity index is 1.57. The molecule has 0 saturated heterocycles. The lowest BCUT2D eigenvalue weighted by Gasteiger charge is -2.31. The number of aliphatic hydroxyl groups excluding tert-OH is 1. The number of hydrogen-bond acceptors (Lipinski definition) is 8. The minimum atomic E-state index is -3.80. The van der Waals surface area contributed by atoms with Gasteiger partial charge in [-0.1, -0.05) is 60.1 Å². The van der Waals surface area contributed by atoms with E-state index in [2.05, 4.69) is 5.32 Å². The van der Waals surface area contributed by atoms with E-state index in [-0.39, 0.29) is 36.1 Å². The number of aliphatic hydroxyl groups is 1. The highest BCUT2D eigenvalue weighted by Crippen LogP contribution is 2.44. The molecule has 11 heteroatoms. The van der Waals surface area contributed by atoms with Crippen LogP contribution in [0.15, 0.2) is 113 Å². The Morgan fingerprint density at radius 3 is 2.43 bits per heavy atom. The van der Waals surface area contributed by atoms with Gasteiger partial charge in [-0.15, -0.1) is 0 Å². The number of nitrogens with one attached hydrogen (secondary N) is 1. The van der Waals surface area contributed by atoms with E-state index in [4.69, 9.17) is 35.9 Å². The average Bonchev–Trinajstić information content (AvgIpc) is 3.49. The first-order valence-corrected chi connectivity index (χ1v) is 16.8. The summed E-state index contributed by atoms with van der Waals surface area (Å²) in [5.74, 6) is 0.440. The van der Waals surface area contributed by atoms with Crippen LogP contribution in [0.25, 0.3) is 0 Å². The third kappa shape index (κ3) is 7.52. The zero-order valence-corrected chi connectivity index (χ0v) is 26.8. The Hall–Kier alpha value is -4.38. The quantitative estimate of drug-likeness (QED) is 0.170. The second-order valence-corrected chi connectivity index (χ2v) is 13.2. The topological polar surface area (TPSA) is 124 Å². The predicted molar refractivity (Wildman–Crippen MR) is 176 cm³/mol. The van der Waals surface area contributed by atoms with Crippen molar-refractivity contribution in [2.24, 2.45) is 4.99 Å². The molecule has 9 nitrogen and oxygen atoms in total. The molecule has 5 rings (SSSR count).